The molecule has 0 fully saturated rings. The van der Waals surface area contributed by atoms with E-state index < -0.39 is 0 Å². The molecule has 1 heterocycles. The summed E-state index contributed by atoms with van der Waals surface area (Å²) in [7, 11) is 1.92. The van der Waals surface area contributed by atoms with Crippen LogP contribution in [0.5, 0.6) is 0 Å². The highest BCUT2D eigenvalue weighted by molar-refractivity contribution is 7.11. The van der Waals surface area contributed by atoms with Crippen molar-refractivity contribution < 1.29 is 4.39 Å². The van der Waals surface area contributed by atoms with Crippen LogP contribution < -0.4 is 5.32 Å². The fourth-order valence-corrected chi connectivity index (χ4v) is 2.43. The molecule has 0 amide bonds. The highest BCUT2D eigenvalue weighted by Gasteiger charge is 2.02. The van der Waals surface area contributed by atoms with Crippen LogP contribution in [0.3, 0.4) is 0 Å². The Morgan fingerprint density at radius 3 is 2.75 bits per heavy atom. The van der Waals surface area contributed by atoms with Gasteiger partial charge in [0.2, 0.25) is 0 Å². The van der Waals surface area contributed by atoms with Gasteiger partial charge in [0.25, 0.3) is 0 Å². The van der Waals surface area contributed by atoms with E-state index in [4.69, 9.17) is 0 Å². The SMILES string of the molecule is CNCc1cnc(Cc2ccc(F)cc2)s1. The lowest BCUT2D eigenvalue weighted by atomic mass is 10.2. The molecule has 1 aromatic carbocycles. The molecule has 1 N–H and O–H groups in total. The summed E-state index contributed by atoms with van der Waals surface area (Å²) >= 11 is 1.69. The van der Waals surface area contributed by atoms with Crippen LogP contribution >= 0.6 is 11.3 Å². The average molecular weight is 236 g/mol. The molecule has 2 rings (SSSR count). The van der Waals surface area contributed by atoms with Crippen molar-refractivity contribution >= 4 is 11.3 Å². The first-order valence-electron chi connectivity index (χ1n) is 5.10. The second kappa shape index (κ2) is 5.18. The smallest absolute Gasteiger partial charge is 0.123 e. The van der Waals surface area contributed by atoms with E-state index in [0.29, 0.717) is 0 Å². The highest BCUT2D eigenvalue weighted by atomic mass is 32.1. The van der Waals surface area contributed by atoms with Crippen LogP contribution in [-0.4, -0.2) is 12.0 Å². The van der Waals surface area contributed by atoms with Gasteiger partial charge in [-0.15, -0.1) is 11.3 Å². The predicted molar refractivity (Wildman–Crippen MR) is 64.1 cm³/mol. The fourth-order valence-electron chi connectivity index (χ4n) is 1.46. The molecule has 1 aromatic heterocycles. The summed E-state index contributed by atoms with van der Waals surface area (Å²) in [5.41, 5.74) is 1.09. The van der Waals surface area contributed by atoms with Gasteiger partial charge in [-0.05, 0) is 24.7 Å². The molecule has 0 unspecified atom stereocenters. The number of benzene rings is 1. The third-order valence-electron chi connectivity index (χ3n) is 2.22. The molecule has 0 spiro atoms. The first kappa shape index (κ1) is 11.2. The molecule has 0 aliphatic carbocycles. The highest BCUT2D eigenvalue weighted by Crippen LogP contribution is 2.16. The molecule has 0 saturated heterocycles. The predicted octanol–water partition coefficient (Wildman–Crippen LogP) is 2.59. The van der Waals surface area contributed by atoms with Crippen molar-refractivity contribution in [3.05, 3.63) is 51.7 Å². The maximum atomic E-state index is 12.7. The van der Waals surface area contributed by atoms with Crippen LogP contribution in [-0.2, 0) is 13.0 Å². The minimum absolute atomic E-state index is 0.196. The Balaban J connectivity index is 2.05. The van der Waals surface area contributed by atoms with Crippen LogP contribution in [0.1, 0.15) is 15.4 Å². The second-order valence-corrected chi connectivity index (χ2v) is 4.75. The van der Waals surface area contributed by atoms with E-state index in [0.717, 1.165) is 23.5 Å². The lowest BCUT2D eigenvalue weighted by Crippen LogP contribution is -2.02. The monoisotopic (exact) mass is 236 g/mol. The van der Waals surface area contributed by atoms with E-state index in [-0.39, 0.29) is 5.82 Å². The molecular formula is C12H13FN2S. The summed E-state index contributed by atoms with van der Waals surface area (Å²) in [6.45, 7) is 0.848. The lowest BCUT2D eigenvalue weighted by Gasteiger charge is -1.97. The number of rotatable bonds is 4. The number of nitrogens with one attached hydrogen (secondary N) is 1. The van der Waals surface area contributed by atoms with Gasteiger partial charge in [-0.1, -0.05) is 12.1 Å². The van der Waals surface area contributed by atoms with Crippen molar-refractivity contribution in [2.24, 2.45) is 0 Å². The van der Waals surface area contributed by atoms with Crippen LogP contribution in [0.15, 0.2) is 30.5 Å². The standard InChI is InChI=1S/C12H13FN2S/c1-14-7-11-8-15-12(16-11)6-9-2-4-10(13)5-3-9/h2-5,8,14H,6-7H2,1H3. The Hall–Kier alpha value is -1.26. The topological polar surface area (TPSA) is 24.9 Å². The minimum Gasteiger partial charge on any atom is -0.315 e. The van der Waals surface area contributed by atoms with Crippen molar-refractivity contribution in [1.29, 1.82) is 0 Å². The number of hydrogen-bond acceptors (Lipinski definition) is 3. The van der Waals surface area contributed by atoms with Crippen LogP contribution in [0.2, 0.25) is 0 Å². The van der Waals surface area contributed by atoms with E-state index in [1.54, 1.807) is 23.5 Å². The van der Waals surface area contributed by atoms with Gasteiger partial charge in [-0.25, -0.2) is 9.37 Å². The quantitative estimate of drug-likeness (QED) is 0.882. The molecule has 2 aromatic rings. The van der Waals surface area contributed by atoms with E-state index in [9.17, 15) is 4.39 Å². The van der Waals surface area contributed by atoms with Gasteiger partial charge in [0, 0.05) is 24.0 Å². The molecule has 0 bridgehead atoms. The maximum absolute atomic E-state index is 12.7. The number of halogens is 1. The molecule has 0 atom stereocenters. The Kier molecular flexibility index (Phi) is 3.64. The Morgan fingerprint density at radius 1 is 1.31 bits per heavy atom. The zero-order valence-electron chi connectivity index (χ0n) is 9.03. The molecular weight excluding hydrogens is 223 g/mol. The van der Waals surface area contributed by atoms with Gasteiger partial charge < -0.3 is 5.32 Å². The van der Waals surface area contributed by atoms with Gasteiger partial charge in [0.05, 0.1) is 5.01 Å². The van der Waals surface area contributed by atoms with E-state index in [1.807, 2.05) is 13.2 Å². The summed E-state index contributed by atoms with van der Waals surface area (Å²) in [5, 5.41) is 4.16. The minimum atomic E-state index is -0.196. The van der Waals surface area contributed by atoms with Crippen molar-refractivity contribution in [2.45, 2.75) is 13.0 Å². The summed E-state index contributed by atoms with van der Waals surface area (Å²) in [6, 6.07) is 6.57. The first-order valence-corrected chi connectivity index (χ1v) is 5.92. The third-order valence-corrected chi connectivity index (χ3v) is 3.22. The molecule has 2 nitrogen and oxygen atoms in total. The molecule has 84 valence electrons. The summed E-state index contributed by atoms with van der Waals surface area (Å²) in [6.07, 6.45) is 2.66. The molecule has 0 aliphatic rings. The maximum Gasteiger partial charge on any atom is 0.123 e. The van der Waals surface area contributed by atoms with Gasteiger partial charge in [0.1, 0.15) is 5.82 Å². The van der Waals surface area contributed by atoms with Crippen molar-refractivity contribution in [1.82, 2.24) is 10.3 Å². The van der Waals surface area contributed by atoms with Crippen LogP contribution in [0.25, 0.3) is 0 Å². The first-order chi connectivity index (χ1) is 7.78. The van der Waals surface area contributed by atoms with Crippen LogP contribution in [0, 0.1) is 5.82 Å². The Morgan fingerprint density at radius 2 is 2.06 bits per heavy atom. The van der Waals surface area contributed by atoms with E-state index in [2.05, 4.69) is 10.3 Å². The zero-order valence-corrected chi connectivity index (χ0v) is 9.85. The molecule has 0 aliphatic heterocycles. The largest absolute Gasteiger partial charge is 0.315 e. The van der Waals surface area contributed by atoms with E-state index >= 15 is 0 Å². The number of nitrogens with zero attached hydrogens (tertiary/aromatic N) is 1. The number of hydrogen-bond donors (Lipinski definition) is 1. The van der Waals surface area contributed by atoms with Crippen molar-refractivity contribution in [2.75, 3.05) is 7.05 Å². The van der Waals surface area contributed by atoms with Crippen molar-refractivity contribution in [3.63, 3.8) is 0 Å². The zero-order chi connectivity index (χ0) is 11.4. The summed E-state index contributed by atoms with van der Waals surface area (Å²) in [4.78, 5) is 5.56. The number of aromatic nitrogens is 1. The third kappa shape index (κ3) is 2.87. The van der Waals surface area contributed by atoms with Crippen LogP contribution in [0.4, 0.5) is 4.39 Å². The summed E-state index contributed by atoms with van der Waals surface area (Å²) in [5.74, 6) is -0.196. The molecule has 16 heavy (non-hydrogen) atoms. The summed E-state index contributed by atoms with van der Waals surface area (Å²) < 4.78 is 12.7. The number of thiazole rings is 1. The van der Waals surface area contributed by atoms with Gasteiger partial charge >= 0.3 is 0 Å². The van der Waals surface area contributed by atoms with Crippen molar-refractivity contribution in [3.8, 4) is 0 Å². The Bertz CT molecular complexity index is 450. The molecule has 4 heteroatoms. The normalized spacial score (nSPS) is 10.6. The second-order valence-electron chi connectivity index (χ2n) is 3.55. The fraction of sp³-hybridized carbons (Fsp3) is 0.250. The molecule has 0 radical (unpaired) electrons. The van der Waals surface area contributed by atoms with Gasteiger partial charge in [0.15, 0.2) is 0 Å². The Labute approximate surface area is 98.2 Å². The molecule has 0 saturated carbocycles. The lowest BCUT2D eigenvalue weighted by molar-refractivity contribution is 0.627. The van der Waals surface area contributed by atoms with E-state index in [1.165, 1.54) is 17.0 Å². The van der Waals surface area contributed by atoms with Gasteiger partial charge in [-0.2, -0.15) is 0 Å². The average Bonchev–Trinajstić information content (AvgIpc) is 2.70. The van der Waals surface area contributed by atoms with Gasteiger partial charge in [-0.3, -0.25) is 0 Å².